The van der Waals surface area contributed by atoms with Gasteiger partial charge in [-0.25, -0.2) is 13.2 Å². The third-order valence-corrected chi connectivity index (χ3v) is 5.78. The van der Waals surface area contributed by atoms with E-state index in [4.69, 9.17) is 0 Å². The lowest BCUT2D eigenvalue weighted by molar-refractivity contribution is 0.225. The summed E-state index contributed by atoms with van der Waals surface area (Å²) in [6, 6.07) is 6.79. The Labute approximate surface area is 138 Å². The van der Waals surface area contributed by atoms with Gasteiger partial charge in [0.2, 0.25) is 10.0 Å². The van der Waals surface area contributed by atoms with Crippen molar-refractivity contribution in [3.63, 3.8) is 0 Å². The Morgan fingerprint density at radius 2 is 1.74 bits per heavy atom. The average molecular weight is 339 g/mol. The van der Waals surface area contributed by atoms with Crippen molar-refractivity contribution in [3.05, 3.63) is 29.8 Å². The number of sulfonamides is 1. The average Bonchev–Trinajstić information content (AvgIpc) is 2.47. The Morgan fingerprint density at radius 3 is 2.26 bits per heavy atom. The van der Waals surface area contributed by atoms with Crippen LogP contribution in [-0.4, -0.2) is 43.9 Å². The van der Waals surface area contributed by atoms with Gasteiger partial charge < -0.3 is 10.6 Å². The SMILES string of the molecule is Cc1ccc(S(=O)(=O)N2CCC(NC(=O)NC(C)C)CC2)cc1. The molecule has 0 unspecified atom stereocenters. The van der Waals surface area contributed by atoms with Crippen LogP contribution in [0.15, 0.2) is 29.2 Å². The molecular formula is C16H25N3O3S. The monoisotopic (exact) mass is 339 g/mol. The molecule has 1 aliphatic heterocycles. The number of aryl methyl sites for hydroxylation is 1. The van der Waals surface area contributed by atoms with E-state index in [1.165, 1.54) is 4.31 Å². The highest BCUT2D eigenvalue weighted by atomic mass is 32.2. The lowest BCUT2D eigenvalue weighted by Gasteiger charge is -2.31. The third-order valence-electron chi connectivity index (χ3n) is 3.87. The predicted molar refractivity (Wildman–Crippen MR) is 89.8 cm³/mol. The zero-order chi connectivity index (χ0) is 17.0. The number of hydrogen-bond donors (Lipinski definition) is 2. The second kappa shape index (κ2) is 7.31. The molecule has 1 saturated heterocycles. The fourth-order valence-corrected chi connectivity index (χ4v) is 4.06. The summed E-state index contributed by atoms with van der Waals surface area (Å²) >= 11 is 0. The van der Waals surface area contributed by atoms with Crippen LogP contribution in [0, 0.1) is 6.92 Å². The highest BCUT2D eigenvalue weighted by Crippen LogP contribution is 2.21. The number of amides is 2. The molecule has 1 aromatic carbocycles. The molecule has 1 heterocycles. The predicted octanol–water partition coefficient (Wildman–Crippen LogP) is 1.86. The number of rotatable bonds is 4. The number of urea groups is 1. The van der Waals surface area contributed by atoms with Gasteiger partial charge in [-0.1, -0.05) is 17.7 Å². The summed E-state index contributed by atoms with van der Waals surface area (Å²) in [5.41, 5.74) is 1.03. The molecule has 2 amide bonds. The number of carbonyl (C=O) groups is 1. The van der Waals surface area contributed by atoms with Crippen molar-refractivity contribution in [3.8, 4) is 0 Å². The van der Waals surface area contributed by atoms with Crippen LogP contribution < -0.4 is 10.6 Å². The molecule has 6 nitrogen and oxygen atoms in total. The Balaban J connectivity index is 1.93. The molecule has 0 bridgehead atoms. The molecule has 128 valence electrons. The number of piperidine rings is 1. The van der Waals surface area contributed by atoms with Crippen LogP contribution in [0.3, 0.4) is 0 Å². The second-order valence-corrected chi connectivity index (χ2v) is 8.20. The summed E-state index contributed by atoms with van der Waals surface area (Å²) in [5, 5.41) is 5.68. The van der Waals surface area contributed by atoms with Crippen molar-refractivity contribution in [1.29, 1.82) is 0 Å². The topological polar surface area (TPSA) is 78.5 Å². The highest BCUT2D eigenvalue weighted by Gasteiger charge is 2.29. The Bertz CT molecular complexity index is 633. The zero-order valence-electron chi connectivity index (χ0n) is 13.9. The number of benzene rings is 1. The van der Waals surface area contributed by atoms with Gasteiger partial charge in [0, 0.05) is 25.2 Å². The largest absolute Gasteiger partial charge is 0.336 e. The van der Waals surface area contributed by atoms with Crippen LogP contribution in [0.1, 0.15) is 32.3 Å². The van der Waals surface area contributed by atoms with Crippen molar-refractivity contribution < 1.29 is 13.2 Å². The van der Waals surface area contributed by atoms with E-state index < -0.39 is 10.0 Å². The van der Waals surface area contributed by atoms with Crippen LogP contribution >= 0.6 is 0 Å². The minimum Gasteiger partial charge on any atom is -0.336 e. The second-order valence-electron chi connectivity index (χ2n) is 6.26. The lowest BCUT2D eigenvalue weighted by atomic mass is 10.1. The van der Waals surface area contributed by atoms with Gasteiger partial charge in [-0.05, 0) is 45.7 Å². The maximum Gasteiger partial charge on any atom is 0.315 e. The van der Waals surface area contributed by atoms with Crippen LogP contribution in [0.4, 0.5) is 4.79 Å². The smallest absolute Gasteiger partial charge is 0.315 e. The zero-order valence-corrected chi connectivity index (χ0v) is 14.7. The molecule has 0 atom stereocenters. The summed E-state index contributed by atoms with van der Waals surface area (Å²) in [5.74, 6) is 0. The number of nitrogens with zero attached hydrogens (tertiary/aromatic N) is 1. The van der Waals surface area contributed by atoms with E-state index in [1.807, 2.05) is 20.8 Å². The summed E-state index contributed by atoms with van der Waals surface area (Å²) < 4.78 is 26.7. The van der Waals surface area contributed by atoms with Gasteiger partial charge in [-0.15, -0.1) is 0 Å². The molecule has 0 spiro atoms. The van der Waals surface area contributed by atoms with Gasteiger partial charge in [0.05, 0.1) is 4.90 Å². The standard InChI is InChI=1S/C16H25N3O3S/c1-12(2)17-16(20)18-14-8-10-19(11-9-14)23(21,22)15-6-4-13(3)5-7-15/h4-7,12,14H,8-11H2,1-3H3,(H2,17,18,20). The molecule has 1 aliphatic rings. The van der Waals surface area contributed by atoms with Crippen LogP contribution in [0.2, 0.25) is 0 Å². The fraction of sp³-hybridized carbons (Fsp3) is 0.562. The van der Waals surface area contributed by atoms with Crippen LogP contribution in [-0.2, 0) is 10.0 Å². The first-order valence-corrected chi connectivity index (χ1v) is 9.37. The highest BCUT2D eigenvalue weighted by molar-refractivity contribution is 7.89. The van der Waals surface area contributed by atoms with Crippen molar-refractivity contribution in [2.24, 2.45) is 0 Å². The summed E-state index contributed by atoms with van der Waals surface area (Å²) in [4.78, 5) is 12.0. The van der Waals surface area contributed by atoms with Crippen molar-refractivity contribution in [1.82, 2.24) is 14.9 Å². The van der Waals surface area contributed by atoms with Crippen LogP contribution in [0.5, 0.6) is 0 Å². The number of hydrogen-bond acceptors (Lipinski definition) is 3. The Hall–Kier alpha value is -1.60. The first-order valence-electron chi connectivity index (χ1n) is 7.93. The van der Waals surface area contributed by atoms with E-state index in [9.17, 15) is 13.2 Å². The van der Waals surface area contributed by atoms with E-state index in [2.05, 4.69) is 10.6 Å². The molecule has 0 radical (unpaired) electrons. The Morgan fingerprint density at radius 1 is 1.17 bits per heavy atom. The molecule has 1 fully saturated rings. The molecule has 0 aromatic heterocycles. The normalized spacial score (nSPS) is 17.2. The number of carbonyl (C=O) groups excluding carboxylic acids is 1. The quantitative estimate of drug-likeness (QED) is 0.879. The molecule has 2 N–H and O–H groups in total. The summed E-state index contributed by atoms with van der Waals surface area (Å²) in [6.45, 7) is 6.56. The molecule has 0 saturated carbocycles. The minimum absolute atomic E-state index is 0.0122. The first kappa shape index (κ1) is 17.7. The van der Waals surface area contributed by atoms with Crippen molar-refractivity contribution >= 4 is 16.1 Å². The maximum atomic E-state index is 12.6. The van der Waals surface area contributed by atoms with Gasteiger partial charge in [-0.2, -0.15) is 4.31 Å². The van der Waals surface area contributed by atoms with E-state index >= 15 is 0 Å². The first-order chi connectivity index (χ1) is 10.8. The van der Waals surface area contributed by atoms with Gasteiger partial charge >= 0.3 is 6.03 Å². The molecule has 23 heavy (non-hydrogen) atoms. The minimum atomic E-state index is -3.44. The third kappa shape index (κ3) is 4.68. The maximum absolute atomic E-state index is 12.6. The Kier molecular flexibility index (Phi) is 5.64. The van der Waals surface area contributed by atoms with Gasteiger partial charge in [0.25, 0.3) is 0 Å². The van der Waals surface area contributed by atoms with Gasteiger partial charge in [-0.3, -0.25) is 0 Å². The summed E-state index contributed by atoms with van der Waals surface area (Å²) in [7, 11) is -3.44. The lowest BCUT2D eigenvalue weighted by Crippen LogP contribution is -2.50. The van der Waals surface area contributed by atoms with E-state index in [-0.39, 0.29) is 18.1 Å². The fourth-order valence-electron chi connectivity index (χ4n) is 2.59. The molecule has 7 heteroatoms. The number of nitrogens with one attached hydrogen (secondary N) is 2. The van der Waals surface area contributed by atoms with Crippen molar-refractivity contribution in [2.75, 3.05) is 13.1 Å². The van der Waals surface area contributed by atoms with E-state index in [1.54, 1.807) is 24.3 Å². The van der Waals surface area contributed by atoms with Gasteiger partial charge in [0.15, 0.2) is 0 Å². The molecule has 0 aliphatic carbocycles. The molecule has 2 rings (SSSR count). The van der Waals surface area contributed by atoms with E-state index in [0.717, 1.165) is 5.56 Å². The molecular weight excluding hydrogens is 314 g/mol. The summed E-state index contributed by atoms with van der Waals surface area (Å²) in [6.07, 6.45) is 1.24. The van der Waals surface area contributed by atoms with Crippen LogP contribution in [0.25, 0.3) is 0 Å². The van der Waals surface area contributed by atoms with Gasteiger partial charge in [0.1, 0.15) is 0 Å². The molecule has 1 aromatic rings. The van der Waals surface area contributed by atoms with Crippen molar-refractivity contribution in [2.45, 2.75) is 50.6 Å². The van der Waals surface area contributed by atoms with E-state index in [0.29, 0.717) is 30.8 Å².